The quantitative estimate of drug-likeness (QED) is 0.827. The Morgan fingerprint density at radius 1 is 1.21 bits per heavy atom. The summed E-state index contributed by atoms with van der Waals surface area (Å²) in [6, 6.07) is 10.2. The Morgan fingerprint density at radius 2 is 1.95 bits per heavy atom. The molecule has 19 heavy (non-hydrogen) atoms. The van der Waals surface area contributed by atoms with Crippen LogP contribution in [0.4, 0.5) is 0 Å². The van der Waals surface area contributed by atoms with E-state index in [1.807, 2.05) is 0 Å². The summed E-state index contributed by atoms with van der Waals surface area (Å²) in [5.74, 6) is 0. The van der Waals surface area contributed by atoms with Gasteiger partial charge in [-0.1, -0.05) is 56.1 Å². The number of rotatable bonds is 5. The second-order valence-corrected chi connectivity index (χ2v) is 12.1. The van der Waals surface area contributed by atoms with Gasteiger partial charge in [-0.3, -0.25) is 0 Å². The Balaban J connectivity index is 2.10. The van der Waals surface area contributed by atoms with Gasteiger partial charge in [-0.25, -0.2) is 0 Å². The van der Waals surface area contributed by atoms with Crippen molar-refractivity contribution in [2.24, 2.45) is 0 Å². The summed E-state index contributed by atoms with van der Waals surface area (Å²) in [5, 5.41) is 3.69. The molecule has 2 atom stereocenters. The number of benzene rings is 1. The highest BCUT2D eigenvalue weighted by molar-refractivity contribution is 6.76. The first-order chi connectivity index (χ1) is 9.01. The molecule has 0 bridgehead atoms. The highest BCUT2D eigenvalue weighted by atomic mass is 28.3. The maximum Gasteiger partial charge on any atom is 0.0950 e. The van der Waals surface area contributed by atoms with Crippen molar-refractivity contribution in [1.82, 2.24) is 5.32 Å². The van der Waals surface area contributed by atoms with Gasteiger partial charge in [0.25, 0.3) is 0 Å². The first-order valence-electron chi connectivity index (χ1n) is 7.04. The van der Waals surface area contributed by atoms with Crippen molar-refractivity contribution < 1.29 is 4.74 Å². The molecule has 2 nitrogen and oxygen atoms in total. The van der Waals surface area contributed by atoms with Gasteiger partial charge in [-0.15, -0.1) is 0 Å². The first-order valence-corrected chi connectivity index (χ1v) is 10.8. The Kier molecular flexibility index (Phi) is 4.61. The molecule has 1 aliphatic carbocycles. The summed E-state index contributed by atoms with van der Waals surface area (Å²) in [6.07, 6.45) is 4.46. The van der Waals surface area contributed by atoms with Crippen molar-refractivity contribution >= 4 is 14.1 Å². The predicted molar refractivity (Wildman–Crippen MR) is 85.2 cm³/mol. The fraction of sp³-hybridized carbons (Fsp3) is 0.500. The third-order valence-electron chi connectivity index (χ3n) is 3.64. The minimum Gasteiger partial charge on any atom is -0.375 e. The summed E-state index contributed by atoms with van der Waals surface area (Å²) in [4.78, 5) is 0. The topological polar surface area (TPSA) is 21.3 Å². The molecule has 0 radical (unpaired) electrons. The molecular formula is C16H25NOSi. The van der Waals surface area contributed by atoms with E-state index < -0.39 is 8.07 Å². The molecule has 0 saturated heterocycles. The molecular weight excluding hydrogens is 250 g/mol. The van der Waals surface area contributed by atoms with Crippen LogP contribution in [0.1, 0.15) is 17.2 Å². The Morgan fingerprint density at radius 3 is 2.63 bits per heavy atom. The fourth-order valence-corrected chi connectivity index (χ4v) is 3.37. The van der Waals surface area contributed by atoms with Crippen LogP contribution in [0.15, 0.2) is 30.3 Å². The van der Waals surface area contributed by atoms with Gasteiger partial charge in [0.05, 0.1) is 12.1 Å². The number of methoxy groups -OCH3 is 1. The van der Waals surface area contributed by atoms with Crippen LogP contribution in [0.3, 0.4) is 0 Å². The third-order valence-corrected chi connectivity index (χ3v) is 5.39. The number of hydrogen-bond donors (Lipinski definition) is 1. The molecule has 1 aromatic rings. The van der Waals surface area contributed by atoms with E-state index in [1.165, 1.54) is 17.2 Å². The van der Waals surface area contributed by atoms with Crippen molar-refractivity contribution in [3.8, 4) is 0 Å². The van der Waals surface area contributed by atoms with Crippen LogP contribution < -0.4 is 5.32 Å². The van der Waals surface area contributed by atoms with Crippen LogP contribution in [-0.4, -0.2) is 27.8 Å². The third kappa shape index (κ3) is 3.78. The van der Waals surface area contributed by atoms with E-state index in [1.54, 1.807) is 7.11 Å². The number of fused-ring (bicyclic) bond motifs is 1. The van der Waals surface area contributed by atoms with Crippen molar-refractivity contribution in [2.45, 2.75) is 37.8 Å². The lowest BCUT2D eigenvalue weighted by molar-refractivity contribution is 0.105. The Bertz CT molecular complexity index is 450. The lowest BCUT2D eigenvalue weighted by Crippen LogP contribution is -2.37. The molecule has 0 heterocycles. The van der Waals surface area contributed by atoms with Gasteiger partial charge < -0.3 is 10.1 Å². The maximum atomic E-state index is 5.61. The normalized spacial score (nSPS) is 22.3. The largest absolute Gasteiger partial charge is 0.375 e. The number of ether oxygens (including phenoxy) is 1. The smallest absolute Gasteiger partial charge is 0.0950 e. The molecule has 1 N–H and O–H groups in total. The summed E-state index contributed by atoms with van der Waals surface area (Å²) < 4.78 is 5.61. The molecule has 1 aliphatic rings. The molecule has 0 amide bonds. The van der Waals surface area contributed by atoms with Gasteiger partial charge in [0.2, 0.25) is 0 Å². The molecule has 3 heteroatoms. The number of hydrogen-bond acceptors (Lipinski definition) is 2. The highest BCUT2D eigenvalue weighted by Gasteiger charge is 2.26. The highest BCUT2D eigenvalue weighted by Crippen LogP contribution is 2.29. The summed E-state index contributed by atoms with van der Waals surface area (Å²) in [5.41, 5.74) is 2.66. The van der Waals surface area contributed by atoms with Crippen LogP contribution in [0, 0.1) is 0 Å². The zero-order chi connectivity index (χ0) is 13.9. The van der Waals surface area contributed by atoms with Gasteiger partial charge in [0.1, 0.15) is 0 Å². The molecule has 2 rings (SSSR count). The van der Waals surface area contributed by atoms with Crippen LogP contribution in [0.2, 0.25) is 25.7 Å². The zero-order valence-electron chi connectivity index (χ0n) is 12.4. The monoisotopic (exact) mass is 275 g/mol. The van der Waals surface area contributed by atoms with E-state index in [2.05, 4.69) is 61.4 Å². The van der Waals surface area contributed by atoms with E-state index in [9.17, 15) is 0 Å². The van der Waals surface area contributed by atoms with Gasteiger partial charge in [-0.2, -0.15) is 0 Å². The standard InChI is InChI=1S/C16H25NOSi/c1-18-15-10-9-13-7-5-6-8-14(13)16(15)17-11-12-19(2,3)4/h5-10,15-17H,11-12H2,1-4H3/t15-,16+/m0/s1. The molecule has 104 valence electrons. The lowest BCUT2D eigenvalue weighted by Gasteiger charge is -2.30. The Labute approximate surface area is 117 Å². The summed E-state index contributed by atoms with van der Waals surface area (Å²) >= 11 is 0. The van der Waals surface area contributed by atoms with Crippen LogP contribution >= 0.6 is 0 Å². The lowest BCUT2D eigenvalue weighted by atomic mass is 9.91. The van der Waals surface area contributed by atoms with Gasteiger partial charge in [0, 0.05) is 15.2 Å². The molecule has 0 spiro atoms. The van der Waals surface area contributed by atoms with Crippen molar-refractivity contribution in [3.63, 3.8) is 0 Å². The van der Waals surface area contributed by atoms with Gasteiger partial charge in [0.15, 0.2) is 0 Å². The van der Waals surface area contributed by atoms with E-state index in [-0.39, 0.29) is 12.1 Å². The van der Waals surface area contributed by atoms with Crippen molar-refractivity contribution in [3.05, 3.63) is 41.5 Å². The minimum absolute atomic E-state index is 0.136. The predicted octanol–water partition coefficient (Wildman–Crippen LogP) is 3.70. The zero-order valence-corrected chi connectivity index (χ0v) is 13.4. The molecule has 0 fully saturated rings. The maximum absolute atomic E-state index is 5.61. The van der Waals surface area contributed by atoms with E-state index in [4.69, 9.17) is 4.74 Å². The Hall–Kier alpha value is -0.903. The molecule has 0 aromatic heterocycles. The second kappa shape index (κ2) is 6.03. The second-order valence-electron chi connectivity index (χ2n) is 6.43. The molecule has 0 saturated carbocycles. The average Bonchev–Trinajstić information content (AvgIpc) is 2.37. The van der Waals surface area contributed by atoms with E-state index in [0.29, 0.717) is 0 Å². The van der Waals surface area contributed by atoms with Crippen LogP contribution in [0.25, 0.3) is 6.08 Å². The van der Waals surface area contributed by atoms with Gasteiger partial charge in [-0.05, 0) is 23.7 Å². The van der Waals surface area contributed by atoms with E-state index in [0.717, 1.165) is 6.54 Å². The van der Waals surface area contributed by atoms with Crippen LogP contribution in [0.5, 0.6) is 0 Å². The van der Waals surface area contributed by atoms with Crippen molar-refractivity contribution in [2.75, 3.05) is 13.7 Å². The summed E-state index contributed by atoms with van der Waals surface area (Å²) in [6.45, 7) is 8.31. The number of nitrogens with one attached hydrogen (secondary N) is 1. The summed E-state index contributed by atoms with van der Waals surface area (Å²) in [7, 11) is 0.801. The van der Waals surface area contributed by atoms with E-state index >= 15 is 0 Å². The molecule has 1 aromatic carbocycles. The SMILES string of the molecule is CO[C@H]1C=Cc2ccccc2[C@H]1NCC[Si](C)(C)C. The first kappa shape index (κ1) is 14.5. The van der Waals surface area contributed by atoms with Crippen molar-refractivity contribution in [1.29, 1.82) is 0 Å². The fourth-order valence-electron chi connectivity index (χ4n) is 2.48. The van der Waals surface area contributed by atoms with Gasteiger partial charge >= 0.3 is 0 Å². The molecule has 0 aliphatic heterocycles. The molecule has 0 unspecified atom stereocenters. The minimum atomic E-state index is -0.987. The van der Waals surface area contributed by atoms with Crippen LogP contribution in [-0.2, 0) is 4.74 Å². The average molecular weight is 275 g/mol.